The van der Waals surface area contributed by atoms with Crippen molar-refractivity contribution in [3.63, 3.8) is 0 Å². The third-order valence-electron chi connectivity index (χ3n) is 3.70. The zero-order valence-corrected chi connectivity index (χ0v) is 13.4. The maximum Gasteiger partial charge on any atom is 0.410 e. The summed E-state index contributed by atoms with van der Waals surface area (Å²) in [5, 5.41) is 0. The Morgan fingerprint density at radius 2 is 1.80 bits per heavy atom. The summed E-state index contributed by atoms with van der Waals surface area (Å²) in [5.41, 5.74) is -0.525. The van der Waals surface area contributed by atoms with Gasteiger partial charge in [0.2, 0.25) is 0 Å². The van der Waals surface area contributed by atoms with Crippen molar-refractivity contribution in [1.82, 2.24) is 4.90 Å². The smallest absolute Gasteiger partial charge is 0.410 e. The van der Waals surface area contributed by atoms with Gasteiger partial charge < -0.3 is 14.4 Å². The number of hydrogen-bond acceptors (Lipinski definition) is 4. The average molecular weight is 285 g/mol. The van der Waals surface area contributed by atoms with Crippen molar-refractivity contribution in [3.05, 3.63) is 0 Å². The molecule has 0 spiro atoms. The first-order valence-electron chi connectivity index (χ1n) is 7.30. The Labute approximate surface area is 121 Å². The molecule has 1 amide bonds. The number of carbonyl (C=O) groups excluding carboxylic acids is 2. The minimum atomic E-state index is -0.525. The predicted molar refractivity (Wildman–Crippen MR) is 76.3 cm³/mol. The first-order chi connectivity index (χ1) is 9.15. The van der Waals surface area contributed by atoms with Gasteiger partial charge in [0.25, 0.3) is 0 Å². The molecule has 1 heterocycles. The highest BCUT2D eigenvalue weighted by molar-refractivity contribution is 5.75. The lowest BCUT2D eigenvalue weighted by Crippen LogP contribution is -2.51. The van der Waals surface area contributed by atoms with E-state index in [4.69, 9.17) is 9.47 Å². The molecule has 1 fully saturated rings. The van der Waals surface area contributed by atoms with Gasteiger partial charge in [0, 0.05) is 13.1 Å². The molecule has 5 nitrogen and oxygen atoms in total. The van der Waals surface area contributed by atoms with Crippen LogP contribution in [0.25, 0.3) is 0 Å². The van der Waals surface area contributed by atoms with Gasteiger partial charge in [0.15, 0.2) is 0 Å². The summed E-state index contributed by atoms with van der Waals surface area (Å²) in [7, 11) is 0. The van der Waals surface area contributed by atoms with E-state index < -0.39 is 5.60 Å². The Morgan fingerprint density at radius 3 is 2.30 bits per heavy atom. The molecule has 0 N–H and O–H groups in total. The second kappa shape index (κ2) is 6.46. The van der Waals surface area contributed by atoms with Crippen molar-refractivity contribution in [1.29, 1.82) is 0 Å². The van der Waals surface area contributed by atoms with E-state index in [1.54, 1.807) is 11.8 Å². The second-order valence-electron chi connectivity index (χ2n) is 6.58. The number of hydrogen-bond donors (Lipinski definition) is 0. The van der Waals surface area contributed by atoms with E-state index >= 15 is 0 Å². The Kier molecular flexibility index (Phi) is 5.42. The highest BCUT2D eigenvalue weighted by Crippen LogP contribution is 2.30. The summed E-state index contributed by atoms with van der Waals surface area (Å²) < 4.78 is 10.5. The van der Waals surface area contributed by atoms with Crippen LogP contribution >= 0.6 is 0 Å². The van der Waals surface area contributed by atoms with Crippen molar-refractivity contribution in [3.8, 4) is 0 Å². The standard InChI is InChI=1S/C15H27NO4/c1-7-19-13(17)12-9-16(8-10(2)11(12)3)14(18)20-15(4,5)6/h10-12H,7-9H2,1-6H3/t10?,11-,12+/m1/s1. The minimum Gasteiger partial charge on any atom is -0.466 e. The Morgan fingerprint density at radius 1 is 1.20 bits per heavy atom. The molecule has 116 valence electrons. The molecule has 1 aliphatic rings. The first-order valence-corrected chi connectivity index (χ1v) is 7.30. The number of piperidine rings is 1. The SMILES string of the molecule is CCOC(=O)[C@H]1CN(C(=O)OC(C)(C)C)CC(C)[C@H]1C. The fourth-order valence-electron chi connectivity index (χ4n) is 2.40. The topological polar surface area (TPSA) is 55.8 Å². The molecule has 0 radical (unpaired) electrons. The van der Waals surface area contributed by atoms with Crippen LogP contribution in [-0.2, 0) is 14.3 Å². The van der Waals surface area contributed by atoms with Crippen molar-refractivity contribution in [2.45, 2.75) is 47.1 Å². The fourth-order valence-corrected chi connectivity index (χ4v) is 2.40. The quantitative estimate of drug-likeness (QED) is 0.732. The number of carbonyl (C=O) groups is 2. The summed E-state index contributed by atoms with van der Waals surface area (Å²) in [6, 6.07) is 0. The van der Waals surface area contributed by atoms with Crippen LogP contribution in [0.1, 0.15) is 41.5 Å². The van der Waals surface area contributed by atoms with Crippen LogP contribution in [0.4, 0.5) is 4.79 Å². The summed E-state index contributed by atoms with van der Waals surface area (Å²) in [6.45, 7) is 12.7. The average Bonchev–Trinajstić information content (AvgIpc) is 2.30. The van der Waals surface area contributed by atoms with Crippen LogP contribution in [-0.4, -0.2) is 42.3 Å². The molecule has 0 aliphatic carbocycles. The number of ether oxygens (including phenoxy) is 2. The van der Waals surface area contributed by atoms with Gasteiger partial charge in [-0.3, -0.25) is 4.79 Å². The summed E-state index contributed by atoms with van der Waals surface area (Å²) in [6.07, 6.45) is -0.356. The van der Waals surface area contributed by atoms with Crippen molar-refractivity contribution >= 4 is 12.1 Å². The third-order valence-corrected chi connectivity index (χ3v) is 3.70. The summed E-state index contributed by atoms with van der Waals surface area (Å²) in [5.74, 6) is -0.0512. The van der Waals surface area contributed by atoms with E-state index in [0.717, 1.165) is 0 Å². The van der Waals surface area contributed by atoms with Gasteiger partial charge in [0.05, 0.1) is 12.5 Å². The normalized spacial score (nSPS) is 27.1. The molecule has 0 aromatic carbocycles. The van der Waals surface area contributed by atoms with Crippen molar-refractivity contribution in [2.24, 2.45) is 17.8 Å². The number of amides is 1. The maximum absolute atomic E-state index is 12.1. The molecule has 1 aliphatic heterocycles. The van der Waals surface area contributed by atoms with Crippen LogP contribution < -0.4 is 0 Å². The Balaban J connectivity index is 2.76. The maximum atomic E-state index is 12.1. The minimum absolute atomic E-state index is 0.202. The Hall–Kier alpha value is -1.26. The lowest BCUT2D eigenvalue weighted by molar-refractivity contribution is -0.153. The van der Waals surface area contributed by atoms with Crippen LogP contribution in [0.2, 0.25) is 0 Å². The molecule has 1 unspecified atom stereocenters. The zero-order valence-electron chi connectivity index (χ0n) is 13.4. The predicted octanol–water partition coefficient (Wildman–Crippen LogP) is 2.69. The number of nitrogens with zero attached hydrogens (tertiary/aromatic N) is 1. The Bertz CT molecular complexity index is 361. The fraction of sp³-hybridized carbons (Fsp3) is 0.867. The van der Waals surface area contributed by atoms with E-state index in [1.165, 1.54) is 0 Å². The molecule has 1 saturated heterocycles. The molecule has 3 atom stereocenters. The van der Waals surface area contributed by atoms with Crippen LogP contribution in [0.5, 0.6) is 0 Å². The first kappa shape index (κ1) is 16.8. The van der Waals surface area contributed by atoms with E-state index in [9.17, 15) is 9.59 Å². The molecule has 0 saturated carbocycles. The van der Waals surface area contributed by atoms with Crippen LogP contribution in [0.3, 0.4) is 0 Å². The summed E-state index contributed by atoms with van der Waals surface area (Å²) in [4.78, 5) is 25.8. The van der Waals surface area contributed by atoms with Gasteiger partial charge in [-0.25, -0.2) is 4.79 Å². The van der Waals surface area contributed by atoms with E-state index in [0.29, 0.717) is 19.7 Å². The molecular formula is C15H27NO4. The lowest BCUT2D eigenvalue weighted by atomic mass is 9.80. The van der Waals surface area contributed by atoms with Gasteiger partial charge in [0.1, 0.15) is 5.60 Å². The van der Waals surface area contributed by atoms with Gasteiger partial charge in [-0.1, -0.05) is 13.8 Å². The lowest BCUT2D eigenvalue weighted by Gasteiger charge is -2.40. The molecule has 5 heteroatoms. The number of likely N-dealkylation sites (tertiary alicyclic amines) is 1. The van der Waals surface area contributed by atoms with Crippen molar-refractivity contribution < 1.29 is 19.1 Å². The molecular weight excluding hydrogens is 258 g/mol. The van der Waals surface area contributed by atoms with Gasteiger partial charge in [-0.15, -0.1) is 0 Å². The molecule has 0 aromatic heterocycles. The molecule has 0 bridgehead atoms. The largest absolute Gasteiger partial charge is 0.466 e. The van der Waals surface area contributed by atoms with E-state index in [-0.39, 0.29) is 29.8 Å². The zero-order chi connectivity index (χ0) is 15.5. The van der Waals surface area contributed by atoms with E-state index in [1.807, 2.05) is 34.6 Å². The van der Waals surface area contributed by atoms with Crippen LogP contribution in [0.15, 0.2) is 0 Å². The van der Waals surface area contributed by atoms with Gasteiger partial charge in [-0.2, -0.15) is 0 Å². The van der Waals surface area contributed by atoms with Gasteiger partial charge in [-0.05, 0) is 39.5 Å². The van der Waals surface area contributed by atoms with Crippen LogP contribution in [0, 0.1) is 17.8 Å². The highest BCUT2D eigenvalue weighted by atomic mass is 16.6. The highest BCUT2D eigenvalue weighted by Gasteiger charge is 2.39. The molecule has 20 heavy (non-hydrogen) atoms. The second-order valence-corrected chi connectivity index (χ2v) is 6.58. The molecule has 1 rings (SSSR count). The number of esters is 1. The monoisotopic (exact) mass is 285 g/mol. The van der Waals surface area contributed by atoms with Crippen molar-refractivity contribution in [2.75, 3.05) is 19.7 Å². The van der Waals surface area contributed by atoms with E-state index in [2.05, 4.69) is 0 Å². The summed E-state index contributed by atoms with van der Waals surface area (Å²) >= 11 is 0. The number of rotatable bonds is 2. The van der Waals surface area contributed by atoms with Gasteiger partial charge >= 0.3 is 12.1 Å². The third kappa shape index (κ3) is 4.39. The molecule has 0 aromatic rings.